The summed E-state index contributed by atoms with van der Waals surface area (Å²) in [6.45, 7) is 7.82. The zero-order valence-electron chi connectivity index (χ0n) is 20.5. The quantitative estimate of drug-likeness (QED) is 0.500. The highest BCUT2D eigenvalue weighted by Crippen LogP contribution is 2.25. The van der Waals surface area contributed by atoms with Gasteiger partial charge in [0.25, 0.3) is 5.91 Å². The van der Waals surface area contributed by atoms with E-state index in [1.807, 2.05) is 19.9 Å². The molecule has 7 nitrogen and oxygen atoms in total. The van der Waals surface area contributed by atoms with Crippen molar-refractivity contribution >= 4 is 17.9 Å². The average Bonchev–Trinajstić information content (AvgIpc) is 3.10. The van der Waals surface area contributed by atoms with E-state index in [1.165, 1.54) is 6.42 Å². The van der Waals surface area contributed by atoms with E-state index in [-0.39, 0.29) is 35.4 Å². The molecule has 1 aliphatic carbocycles. The number of nitrogens with zero attached hydrogens (tertiary/aromatic N) is 3. The van der Waals surface area contributed by atoms with Gasteiger partial charge < -0.3 is 19.5 Å². The Labute approximate surface area is 197 Å². The molecule has 0 bridgehead atoms. The molecule has 33 heavy (non-hydrogen) atoms. The minimum Gasteiger partial charge on any atom is -0.383 e. The molecule has 7 heteroatoms. The van der Waals surface area contributed by atoms with Gasteiger partial charge in [0.15, 0.2) is 0 Å². The number of likely N-dealkylation sites (tertiary alicyclic amines) is 1. The molecule has 0 spiro atoms. The molecule has 0 aromatic carbocycles. The van der Waals surface area contributed by atoms with Crippen molar-refractivity contribution in [2.24, 2.45) is 5.92 Å². The number of carbonyl (C=O) groups excluding carboxylic acids is 2. The van der Waals surface area contributed by atoms with Crippen molar-refractivity contribution in [3.63, 3.8) is 0 Å². The van der Waals surface area contributed by atoms with Gasteiger partial charge in [-0.05, 0) is 64.2 Å². The van der Waals surface area contributed by atoms with Crippen LogP contribution in [0.1, 0.15) is 74.9 Å². The minimum absolute atomic E-state index is 0.110. The molecule has 1 aromatic rings. The molecular weight excluding hydrogens is 416 g/mol. The molecule has 2 amide bonds. The molecule has 1 atom stereocenters. The Kier molecular flexibility index (Phi) is 8.74. The smallest absolute Gasteiger partial charge is 0.264 e. The second-order valence-electron chi connectivity index (χ2n) is 9.58. The maximum absolute atomic E-state index is 13.1. The third kappa shape index (κ3) is 6.05. The highest BCUT2D eigenvalue weighted by molar-refractivity contribution is 6.01. The number of piperidine rings is 1. The second-order valence-corrected chi connectivity index (χ2v) is 9.58. The van der Waals surface area contributed by atoms with Crippen LogP contribution in [0.4, 0.5) is 0 Å². The number of hydrogen-bond acceptors (Lipinski definition) is 4. The van der Waals surface area contributed by atoms with Gasteiger partial charge in [-0.1, -0.05) is 19.3 Å². The van der Waals surface area contributed by atoms with Crippen LogP contribution in [0.15, 0.2) is 11.6 Å². The number of aryl methyl sites for hydroxylation is 1. The van der Waals surface area contributed by atoms with Crippen LogP contribution in [-0.4, -0.2) is 54.1 Å². The number of methoxy groups -OCH3 is 1. The predicted octanol–water partition coefficient (Wildman–Crippen LogP) is 3.91. The maximum atomic E-state index is 13.1. The van der Waals surface area contributed by atoms with Gasteiger partial charge in [0, 0.05) is 43.5 Å². The van der Waals surface area contributed by atoms with Crippen LogP contribution in [-0.2, 0) is 14.3 Å². The first-order valence-electron chi connectivity index (χ1n) is 12.2. The number of hydrogen-bond donors (Lipinski definition) is 1. The number of carbonyl (C=O) groups is 2. The van der Waals surface area contributed by atoms with E-state index in [4.69, 9.17) is 4.74 Å². The van der Waals surface area contributed by atoms with Crippen molar-refractivity contribution in [3.05, 3.63) is 28.6 Å². The van der Waals surface area contributed by atoms with Crippen molar-refractivity contribution in [1.82, 2.24) is 14.8 Å². The van der Waals surface area contributed by atoms with Gasteiger partial charge in [0.2, 0.25) is 5.91 Å². The number of nitriles is 1. The highest BCUT2D eigenvalue weighted by atomic mass is 16.5. The van der Waals surface area contributed by atoms with Crippen LogP contribution < -0.4 is 5.32 Å². The Morgan fingerprint density at radius 1 is 1.21 bits per heavy atom. The molecule has 2 fully saturated rings. The lowest BCUT2D eigenvalue weighted by Crippen LogP contribution is -2.48. The summed E-state index contributed by atoms with van der Waals surface area (Å²) in [4.78, 5) is 27.3. The molecule has 1 saturated heterocycles. The molecule has 3 rings (SSSR count). The summed E-state index contributed by atoms with van der Waals surface area (Å²) in [6, 6.07) is 4.40. The molecule has 2 heterocycles. The lowest BCUT2D eigenvalue weighted by Gasteiger charge is -2.33. The standard InChI is InChI=1S/C26H38N4O3/c1-18-14-22(20(3)30(18)19(2)17-33-4)15-23(16-27)26(32)29-12-10-24(11-13-29)28-25(31)21-8-6-5-7-9-21/h14-15,19,21,24H,5-13,17H2,1-4H3,(H,28,31)/b23-15+. The van der Waals surface area contributed by atoms with E-state index in [2.05, 4.69) is 22.9 Å². The summed E-state index contributed by atoms with van der Waals surface area (Å²) < 4.78 is 7.46. The van der Waals surface area contributed by atoms with E-state index >= 15 is 0 Å². The average molecular weight is 455 g/mol. The molecular formula is C26H38N4O3. The van der Waals surface area contributed by atoms with Crippen LogP contribution in [0.5, 0.6) is 0 Å². The fourth-order valence-corrected chi connectivity index (χ4v) is 5.32. The number of rotatable bonds is 7. The zero-order valence-corrected chi connectivity index (χ0v) is 20.5. The first-order chi connectivity index (χ1) is 15.8. The summed E-state index contributed by atoms with van der Waals surface area (Å²) >= 11 is 0. The van der Waals surface area contributed by atoms with E-state index in [0.717, 1.165) is 55.5 Å². The summed E-state index contributed by atoms with van der Waals surface area (Å²) in [7, 11) is 1.68. The molecule has 1 aliphatic heterocycles. The Balaban J connectivity index is 1.61. The monoisotopic (exact) mass is 454 g/mol. The molecule has 0 radical (unpaired) electrons. The van der Waals surface area contributed by atoms with Gasteiger partial charge in [-0.15, -0.1) is 0 Å². The van der Waals surface area contributed by atoms with Crippen molar-refractivity contribution in [2.45, 2.75) is 77.8 Å². The molecule has 1 N–H and O–H groups in total. The molecule has 1 unspecified atom stereocenters. The summed E-state index contributed by atoms with van der Waals surface area (Å²) in [5.74, 6) is 0.0941. The third-order valence-electron chi connectivity index (χ3n) is 7.13. The van der Waals surface area contributed by atoms with Crippen LogP contribution in [0.2, 0.25) is 0 Å². The second kappa shape index (κ2) is 11.5. The molecule has 1 aromatic heterocycles. The molecule has 1 saturated carbocycles. The normalized spacial score (nSPS) is 19.2. The first kappa shape index (κ1) is 25.0. The van der Waals surface area contributed by atoms with Gasteiger partial charge >= 0.3 is 0 Å². The van der Waals surface area contributed by atoms with E-state index < -0.39 is 0 Å². The number of aromatic nitrogens is 1. The van der Waals surface area contributed by atoms with Gasteiger partial charge in [-0.3, -0.25) is 9.59 Å². The Morgan fingerprint density at radius 2 is 1.88 bits per heavy atom. The van der Waals surface area contributed by atoms with E-state index in [0.29, 0.717) is 19.7 Å². The van der Waals surface area contributed by atoms with Crippen LogP contribution in [0.3, 0.4) is 0 Å². The Hall–Kier alpha value is -2.59. The fourth-order valence-electron chi connectivity index (χ4n) is 5.32. The molecule has 180 valence electrons. The van der Waals surface area contributed by atoms with E-state index in [9.17, 15) is 14.9 Å². The topological polar surface area (TPSA) is 87.4 Å². The number of ether oxygens (including phenoxy) is 1. The zero-order chi connectivity index (χ0) is 24.0. The summed E-state index contributed by atoms with van der Waals surface area (Å²) in [5, 5.41) is 12.9. The van der Waals surface area contributed by atoms with Gasteiger partial charge in [-0.25, -0.2) is 0 Å². The number of amides is 2. The molecule has 2 aliphatic rings. The lowest BCUT2D eigenvalue weighted by atomic mass is 9.88. The third-order valence-corrected chi connectivity index (χ3v) is 7.13. The fraction of sp³-hybridized carbons (Fsp3) is 0.654. The van der Waals surface area contributed by atoms with Gasteiger partial charge in [0.1, 0.15) is 11.6 Å². The van der Waals surface area contributed by atoms with Crippen molar-refractivity contribution in [2.75, 3.05) is 26.8 Å². The summed E-state index contributed by atoms with van der Waals surface area (Å²) in [5.41, 5.74) is 3.12. The van der Waals surface area contributed by atoms with Crippen molar-refractivity contribution < 1.29 is 14.3 Å². The minimum atomic E-state index is -0.232. The Bertz CT molecular complexity index is 913. The maximum Gasteiger partial charge on any atom is 0.264 e. The largest absolute Gasteiger partial charge is 0.383 e. The Morgan fingerprint density at radius 3 is 2.48 bits per heavy atom. The summed E-state index contributed by atoms with van der Waals surface area (Å²) in [6.07, 6.45) is 8.66. The van der Waals surface area contributed by atoms with Crippen LogP contribution >= 0.6 is 0 Å². The number of nitrogens with one attached hydrogen (secondary N) is 1. The lowest BCUT2D eigenvalue weighted by molar-refractivity contribution is -0.128. The van der Waals surface area contributed by atoms with Crippen LogP contribution in [0, 0.1) is 31.1 Å². The van der Waals surface area contributed by atoms with Crippen molar-refractivity contribution in [3.8, 4) is 6.07 Å². The predicted molar refractivity (Wildman–Crippen MR) is 128 cm³/mol. The van der Waals surface area contributed by atoms with E-state index in [1.54, 1.807) is 18.1 Å². The van der Waals surface area contributed by atoms with Crippen molar-refractivity contribution in [1.29, 1.82) is 5.26 Å². The van der Waals surface area contributed by atoms with Gasteiger partial charge in [-0.2, -0.15) is 5.26 Å². The SMILES string of the molecule is COCC(C)n1c(C)cc(/C=C(\C#N)C(=O)N2CCC(NC(=O)C3CCCCC3)CC2)c1C. The van der Waals surface area contributed by atoms with Gasteiger partial charge in [0.05, 0.1) is 12.6 Å². The highest BCUT2D eigenvalue weighted by Gasteiger charge is 2.28. The van der Waals surface area contributed by atoms with Crippen LogP contribution in [0.25, 0.3) is 6.08 Å². The first-order valence-corrected chi connectivity index (χ1v) is 12.2.